The standard InChI is InChI=1S/C24H34N2O4/c27-22(18-29-17-20-4-2-1-3-5-20)26-13-10-24(11-14-26)16-19(9-15-30-24)8-12-25-23(28)21-6-7-21/h1-5,19,21H,6-18H2,(H,25,28). The molecule has 1 aromatic rings. The van der Waals surface area contributed by atoms with Crippen LogP contribution in [0.1, 0.15) is 50.5 Å². The number of amides is 2. The first-order valence-electron chi connectivity index (χ1n) is 11.4. The molecule has 0 bridgehead atoms. The van der Waals surface area contributed by atoms with Crippen molar-refractivity contribution in [3.63, 3.8) is 0 Å². The van der Waals surface area contributed by atoms with E-state index < -0.39 is 0 Å². The molecule has 2 amide bonds. The van der Waals surface area contributed by atoms with Gasteiger partial charge >= 0.3 is 0 Å². The Bertz CT molecular complexity index is 711. The molecular weight excluding hydrogens is 380 g/mol. The molecule has 30 heavy (non-hydrogen) atoms. The van der Waals surface area contributed by atoms with Crippen LogP contribution in [0.3, 0.4) is 0 Å². The van der Waals surface area contributed by atoms with E-state index in [2.05, 4.69) is 5.32 Å². The van der Waals surface area contributed by atoms with Crippen LogP contribution in [0, 0.1) is 11.8 Å². The van der Waals surface area contributed by atoms with Gasteiger partial charge in [0.1, 0.15) is 6.61 Å². The van der Waals surface area contributed by atoms with E-state index in [1.165, 1.54) is 0 Å². The molecule has 2 aliphatic heterocycles. The number of hydrogen-bond donors (Lipinski definition) is 1. The van der Waals surface area contributed by atoms with E-state index in [9.17, 15) is 9.59 Å². The van der Waals surface area contributed by atoms with Crippen molar-refractivity contribution in [3.05, 3.63) is 35.9 Å². The topological polar surface area (TPSA) is 67.9 Å². The number of benzene rings is 1. The molecule has 2 saturated heterocycles. The monoisotopic (exact) mass is 414 g/mol. The highest BCUT2D eigenvalue weighted by molar-refractivity contribution is 5.80. The molecular formula is C24H34N2O4. The van der Waals surface area contributed by atoms with Crippen LogP contribution in [-0.2, 0) is 25.7 Å². The van der Waals surface area contributed by atoms with E-state index in [1.807, 2.05) is 35.2 Å². The summed E-state index contributed by atoms with van der Waals surface area (Å²) < 4.78 is 11.8. The van der Waals surface area contributed by atoms with Crippen LogP contribution in [-0.4, -0.2) is 55.2 Å². The van der Waals surface area contributed by atoms with E-state index in [1.54, 1.807) is 0 Å². The summed E-state index contributed by atoms with van der Waals surface area (Å²) in [5.41, 5.74) is 0.989. The highest BCUT2D eigenvalue weighted by Gasteiger charge is 2.41. The molecule has 1 aliphatic carbocycles. The molecule has 2 heterocycles. The molecule has 6 nitrogen and oxygen atoms in total. The zero-order valence-corrected chi connectivity index (χ0v) is 17.8. The van der Waals surface area contributed by atoms with E-state index >= 15 is 0 Å². The summed E-state index contributed by atoms with van der Waals surface area (Å²) in [6.07, 6.45) is 7.03. The molecule has 164 valence electrons. The maximum Gasteiger partial charge on any atom is 0.248 e. The lowest BCUT2D eigenvalue weighted by Gasteiger charge is -2.46. The van der Waals surface area contributed by atoms with Gasteiger partial charge in [-0.05, 0) is 56.4 Å². The van der Waals surface area contributed by atoms with Gasteiger partial charge < -0.3 is 19.7 Å². The Balaban J connectivity index is 1.16. The molecule has 1 atom stereocenters. The normalized spacial score (nSPS) is 23.3. The Morgan fingerprint density at radius 3 is 2.63 bits per heavy atom. The van der Waals surface area contributed by atoms with Crippen LogP contribution in [0.2, 0.25) is 0 Å². The van der Waals surface area contributed by atoms with Gasteiger partial charge in [-0.15, -0.1) is 0 Å². The van der Waals surface area contributed by atoms with Gasteiger partial charge in [0.2, 0.25) is 11.8 Å². The molecule has 0 radical (unpaired) electrons. The first-order valence-corrected chi connectivity index (χ1v) is 11.4. The van der Waals surface area contributed by atoms with Crippen LogP contribution in [0.4, 0.5) is 0 Å². The fourth-order valence-corrected chi connectivity index (χ4v) is 4.70. The minimum Gasteiger partial charge on any atom is -0.375 e. The maximum atomic E-state index is 12.5. The highest BCUT2D eigenvalue weighted by atomic mass is 16.5. The lowest BCUT2D eigenvalue weighted by Crippen LogP contribution is -2.51. The van der Waals surface area contributed by atoms with Crippen molar-refractivity contribution in [3.8, 4) is 0 Å². The molecule has 4 rings (SSSR count). The van der Waals surface area contributed by atoms with Crippen LogP contribution >= 0.6 is 0 Å². The van der Waals surface area contributed by atoms with E-state index in [4.69, 9.17) is 9.47 Å². The van der Waals surface area contributed by atoms with Gasteiger partial charge in [-0.25, -0.2) is 0 Å². The number of carbonyl (C=O) groups is 2. The summed E-state index contributed by atoms with van der Waals surface area (Å²) in [6, 6.07) is 9.93. The summed E-state index contributed by atoms with van der Waals surface area (Å²) in [4.78, 5) is 26.2. The molecule has 1 spiro atoms. The summed E-state index contributed by atoms with van der Waals surface area (Å²) in [6.45, 7) is 3.63. The number of ether oxygens (including phenoxy) is 2. The number of carbonyl (C=O) groups excluding carboxylic acids is 2. The Morgan fingerprint density at radius 1 is 1.13 bits per heavy atom. The third-order valence-electron chi connectivity index (χ3n) is 6.76. The number of nitrogens with one attached hydrogen (secondary N) is 1. The van der Waals surface area contributed by atoms with Crippen molar-refractivity contribution in [2.75, 3.05) is 32.8 Å². The number of likely N-dealkylation sites (tertiary alicyclic amines) is 1. The van der Waals surface area contributed by atoms with Gasteiger partial charge in [0, 0.05) is 32.2 Å². The number of hydrogen-bond acceptors (Lipinski definition) is 4. The molecule has 1 N–H and O–H groups in total. The number of nitrogens with zero attached hydrogens (tertiary/aromatic N) is 1. The van der Waals surface area contributed by atoms with Gasteiger partial charge in [0.25, 0.3) is 0 Å². The van der Waals surface area contributed by atoms with Gasteiger partial charge in [-0.1, -0.05) is 30.3 Å². The molecule has 1 aromatic carbocycles. The smallest absolute Gasteiger partial charge is 0.248 e. The third kappa shape index (κ3) is 5.82. The zero-order chi connectivity index (χ0) is 20.8. The maximum absolute atomic E-state index is 12.5. The molecule has 1 saturated carbocycles. The van der Waals surface area contributed by atoms with Crippen molar-refractivity contribution in [2.24, 2.45) is 11.8 Å². The van der Waals surface area contributed by atoms with E-state index in [0.717, 1.165) is 76.8 Å². The molecule has 0 aromatic heterocycles. The predicted molar refractivity (Wildman–Crippen MR) is 114 cm³/mol. The van der Waals surface area contributed by atoms with Gasteiger partial charge in [-0.3, -0.25) is 9.59 Å². The zero-order valence-electron chi connectivity index (χ0n) is 17.8. The molecule has 3 aliphatic rings. The van der Waals surface area contributed by atoms with Crippen molar-refractivity contribution >= 4 is 11.8 Å². The summed E-state index contributed by atoms with van der Waals surface area (Å²) in [5, 5.41) is 3.09. The van der Waals surface area contributed by atoms with Crippen LogP contribution in [0.5, 0.6) is 0 Å². The van der Waals surface area contributed by atoms with Crippen molar-refractivity contribution in [1.29, 1.82) is 0 Å². The average Bonchev–Trinajstić information content (AvgIpc) is 3.61. The molecule has 1 unspecified atom stereocenters. The second-order valence-electron chi connectivity index (χ2n) is 9.10. The highest BCUT2D eigenvalue weighted by Crippen LogP contribution is 2.38. The Hall–Kier alpha value is -1.92. The molecule has 3 fully saturated rings. The Labute approximate surface area is 179 Å². The van der Waals surface area contributed by atoms with Crippen LogP contribution < -0.4 is 5.32 Å². The van der Waals surface area contributed by atoms with Gasteiger partial charge in [0.15, 0.2) is 0 Å². The predicted octanol–water partition coefficient (Wildman–Crippen LogP) is 2.91. The summed E-state index contributed by atoms with van der Waals surface area (Å²) in [7, 11) is 0. The first kappa shape index (κ1) is 21.3. The number of rotatable bonds is 8. The summed E-state index contributed by atoms with van der Waals surface area (Å²) in [5.74, 6) is 1.17. The quantitative estimate of drug-likeness (QED) is 0.710. The lowest BCUT2D eigenvalue weighted by molar-refractivity contribution is -0.151. The molecule has 6 heteroatoms. The second-order valence-corrected chi connectivity index (χ2v) is 9.10. The van der Waals surface area contributed by atoms with Crippen LogP contribution in [0.25, 0.3) is 0 Å². The number of piperidine rings is 1. The first-order chi connectivity index (χ1) is 14.6. The van der Waals surface area contributed by atoms with E-state index in [-0.39, 0.29) is 29.9 Å². The van der Waals surface area contributed by atoms with E-state index in [0.29, 0.717) is 12.5 Å². The minimum absolute atomic E-state index is 0.0657. The Morgan fingerprint density at radius 2 is 1.90 bits per heavy atom. The third-order valence-corrected chi connectivity index (χ3v) is 6.76. The lowest BCUT2D eigenvalue weighted by atomic mass is 9.78. The SMILES string of the molecule is O=C(NCCC1CCOC2(CCN(C(=O)COCc3ccccc3)CC2)C1)C1CC1. The van der Waals surface area contributed by atoms with Gasteiger partial charge in [0.05, 0.1) is 12.2 Å². The van der Waals surface area contributed by atoms with Gasteiger partial charge in [-0.2, -0.15) is 0 Å². The largest absolute Gasteiger partial charge is 0.375 e. The minimum atomic E-state index is -0.0922. The fraction of sp³-hybridized carbons (Fsp3) is 0.667. The van der Waals surface area contributed by atoms with Crippen LogP contribution in [0.15, 0.2) is 30.3 Å². The summed E-state index contributed by atoms with van der Waals surface area (Å²) >= 11 is 0. The van der Waals surface area contributed by atoms with Crippen molar-refractivity contribution in [2.45, 2.75) is 57.2 Å². The Kier molecular flexibility index (Phi) is 7.05. The fourth-order valence-electron chi connectivity index (χ4n) is 4.70. The van der Waals surface area contributed by atoms with Crippen molar-refractivity contribution in [1.82, 2.24) is 10.2 Å². The average molecular weight is 415 g/mol. The second kappa shape index (κ2) is 9.92. The van der Waals surface area contributed by atoms with Crippen molar-refractivity contribution < 1.29 is 19.1 Å².